The molecule has 1 amide bonds. The zero-order valence-corrected chi connectivity index (χ0v) is 21.8. The maximum Gasteiger partial charge on any atom is 0.248 e. The van der Waals surface area contributed by atoms with Crippen molar-refractivity contribution in [3.63, 3.8) is 0 Å². The van der Waals surface area contributed by atoms with E-state index in [0.29, 0.717) is 24.4 Å². The monoisotopic (exact) mass is 519 g/mol. The van der Waals surface area contributed by atoms with Gasteiger partial charge < -0.3 is 9.88 Å². The van der Waals surface area contributed by atoms with Crippen LogP contribution in [0.4, 0.5) is 8.78 Å². The Labute approximate surface area is 227 Å². The predicted molar refractivity (Wildman–Crippen MR) is 139 cm³/mol. The molecule has 1 aromatic heterocycles. The molecule has 1 aliphatic carbocycles. The van der Waals surface area contributed by atoms with Crippen LogP contribution in [-0.4, -0.2) is 50.1 Å². The fraction of sp³-hybridized carbons (Fsp3) is 0.690. The lowest BCUT2D eigenvalue weighted by Crippen LogP contribution is -2.45. The standard InChI is InChI=1S/C29H41F2N5O/c1-19(2)27-34-33-20(3)36(27)25-17-23-9-10-24(18-25)35(23)16-13-26(21-7-5-4-6-8-21)32-28(37)22-11-14-29(30,31)15-12-22/h4-8,19,22-26H,9-18H2,1-3H3,(H,32,37)/i11D2,12D2,19D,22D. The zero-order valence-electron chi connectivity index (χ0n) is 27.8. The van der Waals surface area contributed by atoms with Gasteiger partial charge in [0.25, 0.3) is 0 Å². The van der Waals surface area contributed by atoms with Crippen molar-refractivity contribution in [2.45, 2.75) is 114 Å². The molecule has 3 aliphatic rings. The fourth-order valence-corrected chi connectivity index (χ4v) is 6.21. The summed E-state index contributed by atoms with van der Waals surface area (Å²) >= 11 is 0. The number of nitrogens with zero attached hydrogens (tertiary/aromatic N) is 4. The first-order chi connectivity index (χ1) is 19.9. The highest BCUT2D eigenvalue weighted by Crippen LogP contribution is 2.42. The number of hydrogen-bond donors (Lipinski definition) is 1. The molecule has 37 heavy (non-hydrogen) atoms. The number of hydrogen-bond acceptors (Lipinski definition) is 4. The van der Waals surface area contributed by atoms with E-state index in [1.807, 2.05) is 26.8 Å². The van der Waals surface area contributed by atoms with Crippen molar-refractivity contribution in [2.24, 2.45) is 5.89 Å². The molecule has 6 nitrogen and oxygen atoms in total. The summed E-state index contributed by atoms with van der Waals surface area (Å²) in [4.78, 5) is 16.0. The van der Waals surface area contributed by atoms with E-state index in [0.717, 1.165) is 31.5 Å². The van der Waals surface area contributed by atoms with Crippen LogP contribution in [0.3, 0.4) is 0 Å². The molecule has 2 bridgehead atoms. The molecule has 1 aromatic carbocycles. The molecular weight excluding hydrogens is 472 g/mol. The highest BCUT2D eigenvalue weighted by molar-refractivity contribution is 5.79. The molecule has 2 aliphatic heterocycles. The number of nitrogens with one attached hydrogen (secondary N) is 1. The largest absolute Gasteiger partial charge is 0.349 e. The molecule has 8 heteroatoms. The van der Waals surface area contributed by atoms with E-state index in [1.54, 1.807) is 24.3 Å². The maximum atomic E-state index is 14.2. The van der Waals surface area contributed by atoms with Crippen LogP contribution in [0, 0.1) is 12.8 Å². The van der Waals surface area contributed by atoms with Crippen LogP contribution in [0.15, 0.2) is 30.3 Å². The lowest BCUT2D eigenvalue weighted by atomic mass is 9.86. The van der Waals surface area contributed by atoms with Crippen LogP contribution in [0.25, 0.3) is 0 Å². The minimum absolute atomic E-state index is 0.171. The number of alkyl halides is 2. The Hall–Kier alpha value is -2.35. The third-order valence-corrected chi connectivity index (χ3v) is 8.00. The molecule has 0 radical (unpaired) electrons. The molecule has 3 fully saturated rings. The summed E-state index contributed by atoms with van der Waals surface area (Å²) in [6.45, 7) is 6.14. The van der Waals surface area contributed by atoms with Gasteiger partial charge in [0.2, 0.25) is 11.8 Å². The van der Waals surface area contributed by atoms with Gasteiger partial charge in [-0.1, -0.05) is 44.2 Å². The second-order valence-corrected chi connectivity index (χ2v) is 10.9. The Morgan fingerprint density at radius 3 is 2.43 bits per heavy atom. The third-order valence-electron chi connectivity index (χ3n) is 8.00. The third kappa shape index (κ3) is 5.74. The molecule has 2 saturated heterocycles. The molecule has 3 heterocycles. The molecule has 5 rings (SSSR count). The minimum Gasteiger partial charge on any atom is -0.349 e. The molecule has 3 unspecified atom stereocenters. The summed E-state index contributed by atoms with van der Waals surface area (Å²) in [6, 6.07) is 9.07. The molecule has 1 saturated carbocycles. The van der Waals surface area contributed by atoms with E-state index in [9.17, 15) is 13.6 Å². The van der Waals surface area contributed by atoms with Crippen LogP contribution in [0.2, 0.25) is 0 Å². The zero-order chi connectivity index (χ0) is 31.6. The quantitative estimate of drug-likeness (QED) is 0.468. The highest BCUT2D eigenvalue weighted by Gasteiger charge is 2.42. The smallest absolute Gasteiger partial charge is 0.248 e. The van der Waals surface area contributed by atoms with Crippen LogP contribution in [-0.2, 0) is 4.79 Å². The number of amides is 1. The van der Waals surface area contributed by atoms with Crippen molar-refractivity contribution in [2.75, 3.05) is 6.54 Å². The van der Waals surface area contributed by atoms with Crippen molar-refractivity contribution in [1.82, 2.24) is 25.0 Å². The molecule has 202 valence electrons. The van der Waals surface area contributed by atoms with E-state index in [1.165, 1.54) is 0 Å². The lowest BCUT2D eigenvalue weighted by molar-refractivity contribution is -0.130. The molecule has 1 N–H and O–H groups in total. The van der Waals surface area contributed by atoms with Crippen LogP contribution < -0.4 is 5.32 Å². The first-order valence-electron chi connectivity index (χ1n) is 16.3. The number of rotatable bonds is 8. The van der Waals surface area contributed by atoms with Gasteiger partial charge in [0, 0.05) is 57.5 Å². The summed E-state index contributed by atoms with van der Waals surface area (Å²) in [7, 11) is 0. The fourth-order valence-electron chi connectivity index (χ4n) is 6.21. The van der Waals surface area contributed by atoms with Crippen LogP contribution in [0.5, 0.6) is 0 Å². The first kappa shape index (κ1) is 19.7. The Kier molecular flexibility index (Phi) is 5.74. The summed E-state index contributed by atoms with van der Waals surface area (Å²) in [5.74, 6) is -7.37. The van der Waals surface area contributed by atoms with E-state index < -0.39 is 55.2 Å². The van der Waals surface area contributed by atoms with Gasteiger partial charge in [-0.05, 0) is 57.3 Å². The number of carbonyl (C=O) groups excluding carboxylic acids is 1. The molecule has 2 aromatic rings. The maximum absolute atomic E-state index is 14.2. The number of aromatic nitrogens is 3. The van der Waals surface area contributed by atoms with Crippen molar-refractivity contribution in [1.29, 1.82) is 0 Å². The summed E-state index contributed by atoms with van der Waals surface area (Å²) < 4.78 is 80.7. The molecule has 0 spiro atoms. The van der Waals surface area contributed by atoms with Gasteiger partial charge in [-0.2, -0.15) is 0 Å². The SMILES string of the molecule is [2H]C(C)(C)c1nnc(C)n1C1CC2CCC(C1)N2CCC(NC(=O)C1([2H])C([2H])([2H])CC(F)(F)CC1([2H])[2H])c1ccccc1. The van der Waals surface area contributed by atoms with Gasteiger partial charge in [0.15, 0.2) is 0 Å². The van der Waals surface area contributed by atoms with E-state index in [-0.39, 0.29) is 18.1 Å². The van der Waals surface area contributed by atoms with Gasteiger partial charge in [0.1, 0.15) is 11.6 Å². The number of benzene rings is 1. The molecule has 3 atom stereocenters. The van der Waals surface area contributed by atoms with Crippen molar-refractivity contribution in [3.8, 4) is 0 Å². The van der Waals surface area contributed by atoms with E-state index in [2.05, 4.69) is 25.0 Å². The lowest BCUT2D eigenvalue weighted by Gasteiger charge is -2.40. The number of carbonyl (C=O) groups is 1. The van der Waals surface area contributed by atoms with Crippen LogP contribution >= 0.6 is 0 Å². The summed E-state index contributed by atoms with van der Waals surface area (Å²) in [6.07, 6.45) is -4.79. The normalized spacial score (nSPS) is 33.2. The highest BCUT2D eigenvalue weighted by atomic mass is 19.3. The predicted octanol–water partition coefficient (Wildman–Crippen LogP) is 5.95. The van der Waals surface area contributed by atoms with Gasteiger partial charge >= 0.3 is 0 Å². The Morgan fingerprint density at radius 1 is 1.16 bits per heavy atom. The number of piperidine rings is 1. The van der Waals surface area contributed by atoms with Crippen molar-refractivity contribution < 1.29 is 21.8 Å². The second kappa shape index (κ2) is 10.8. The van der Waals surface area contributed by atoms with Gasteiger partial charge in [0.05, 0.1) is 6.04 Å². The van der Waals surface area contributed by atoms with Crippen molar-refractivity contribution >= 4 is 5.91 Å². The molecular formula is C29H41F2N5O. The second-order valence-electron chi connectivity index (χ2n) is 10.9. The number of aryl methyl sites for hydroxylation is 1. The number of fused-ring (bicyclic) bond motifs is 2. The van der Waals surface area contributed by atoms with E-state index in [4.69, 9.17) is 8.22 Å². The number of halogens is 2. The van der Waals surface area contributed by atoms with Gasteiger partial charge in [-0.3, -0.25) is 9.69 Å². The van der Waals surface area contributed by atoms with Crippen LogP contribution in [0.1, 0.15) is 115 Å². The topological polar surface area (TPSA) is 63.1 Å². The average Bonchev–Trinajstić information content (AvgIpc) is 3.39. The average molecular weight is 520 g/mol. The first-order valence-corrected chi connectivity index (χ1v) is 13.3. The summed E-state index contributed by atoms with van der Waals surface area (Å²) in [5.41, 5.74) is 0.714. The van der Waals surface area contributed by atoms with Gasteiger partial charge in [-0.25, -0.2) is 8.78 Å². The van der Waals surface area contributed by atoms with Gasteiger partial charge in [-0.15, -0.1) is 10.2 Å². The van der Waals surface area contributed by atoms with Crippen molar-refractivity contribution in [3.05, 3.63) is 47.5 Å². The Morgan fingerprint density at radius 2 is 1.81 bits per heavy atom. The Balaban J connectivity index is 1.34. The van der Waals surface area contributed by atoms with E-state index >= 15 is 0 Å². The summed E-state index contributed by atoms with van der Waals surface area (Å²) in [5, 5.41) is 11.3. The Bertz CT molecular complexity index is 1300. The minimum atomic E-state index is -3.66.